The van der Waals surface area contributed by atoms with Gasteiger partial charge in [0, 0.05) is 12.8 Å². The molecule has 1 N–H and O–H groups in total. The minimum absolute atomic E-state index is 0.0274. The monoisotopic (exact) mass is 757 g/mol. The molecule has 0 heterocycles. The third-order valence-electron chi connectivity index (χ3n) is 8.67. The summed E-state index contributed by atoms with van der Waals surface area (Å²) in [4.78, 5) is 35.2. The first kappa shape index (κ1) is 50.2. The molecule has 0 amide bonds. The maximum Gasteiger partial charge on any atom is 0.472 e. The van der Waals surface area contributed by atoms with Crippen molar-refractivity contribution >= 4 is 19.8 Å². The fraction of sp³-hybridized carbons (Fsp3) is 0.810. The summed E-state index contributed by atoms with van der Waals surface area (Å²) in [6.07, 6.45) is 37.6. The van der Waals surface area contributed by atoms with Crippen molar-refractivity contribution in [2.24, 2.45) is 0 Å². The van der Waals surface area contributed by atoms with Crippen molar-refractivity contribution in [2.45, 2.75) is 174 Å². The van der Waals surface area contributed by atoms with Crippen LogP contribution in [0, 0.1) is 0 Å². The van der Waals surface area contributed by atoms with E-state index in [-0.39, 0.29) is 32.0 Å². The molecule has 304 valence electrons. The maximum atomic E-state index is 12.6. The van der Waals surface area contributed by atoms with Crippen LogP contribution in [0.4, 0.5) is 0 Å². The summed E-state index contributed by atoms with van der Waals surface area (Å²) in [5.41, 5.74) is 0. The van der Waals surface area contributed by atoms with Crippen LogP contribution in [0.5, 0.6) is 0 Å². The van der Waals surface area contributed by atoms with Crippen molar-refractivity contribution in [1.82, 2.24) is 0 Å². The normalized spacial score (nSPS) is 14.0. The molecule has 0 spiro atoms. The Kier molecular flexibility index (Phi) is 33.8. The summed E-state index contributed by atoms with van der Waals surface area (Å²) in [7, 11) is 1.46. The van der Waals surface area contributed by atoms with Crippen LogP contribution in [0.25, 0.3) is 0 Å². The van der Waals surface area contributed by atoms with E-state index >= 15 is 0 Å². The molecule has 1 unspecified atom stereocenters. The molecule has 0 aliphatic heterocycles. The Labute approximate surface area is 319 Å². The first-order valence-corrected chi connectivity index (χ1v) is 22.2. The number of carbonyl (C=O) groups is 2. The molecule has 0 aliphatic rings. The Morgan fingerprint density at radius 2 is 1.04 bits per heavy atom. The molecular weight excluding hydrogens is 677 g/mol. The molecular formula is C42H79NO8P+. The SMILES string of the molecule is CCCCC/C=C\C/C=C\C/C=C\CCCCCCC(=O)O[C@H](COC(=O)CCCCCCCCCCCCC)COP(=O)(O)OCC[N+](C)(C)C. The molecule has 9 nitrogen and oxygen atoms in total. The molecule has 0 radical (unpaired) electrons. The molecule has 0 fully saturated rings. The van der Waals surface area contributed by atoms with Crippen molar-refractivity contribution < 1.29 is 42.1 Å². The Hall–Kier alpha value is -1.77. The highest BCUT2D eigenvalue weighted by molar-refractivity contribution is 7.47. The smallest absolute Gasteiger partial charge is 0.462 e. The number of hydrogen-bond donors (Lipinski definition) is 1. The minimum Gasteiger partial charge on any atom is -0.462 e. The standard InChI is InChI=1S/C42H78NO8P/c1-6-8-10-12-14-16-18-19-20-21-22-23-25-27-29-31-33-35-42(45)51-40(39-50-52(46,47)49-37-36-43(3,4)5)38-48-41(44)34-32-30-28-26-24-17-15-13-11-9-7-2/h14,16,19-20,22-23,40H,6-13,15,17-18,21,24-39H2,1-5H3/p+1/b16-14-,20-19-,23-22-/t40-/m1/s1. The van der Waals surface area contributed by atoms with Gasteiger partial charge < -0.3 is 18.9 Å². The number of phosphoric acid groups is 1. The number of rotatable bonds is 37. The highest BCUT2D eigenvalue weighted by atomic mass is 31.2. The van der Waals surface area contributed by atoms with Crippen LogP contribution in [-0.2, 0) is 32.7 Å². The number of carbonyl (C=O) groups excluding carboxylic acids is 2. The van der Waals surface area contributed by atoms with Gasteiger partial charge in [-0.05, 0) is 51.4 Å². The molecule has 0 aromatic heterocycles. The fourth-order valence-electron chi connectivity index (χ4n) is 5.37. The largest absolute Gasteiger partial charge is 0.472 e. The Bertz CT molecular complexity index is 991. The van der Waals surface area contributed by atoms with Crippen molar-refractivity contribution in [3.8, 4) is 0 Å². The highest BCUT2D eigenvalue weighted by Gasteiger charge is 2.27. The van der Waals surface area contributed by atoms with Gasteiger partial charge in [-0.25, -0.2) is 4.57 Å². The molecule has 0 aliphatic carbocycles. The fourth-order valence-corrected chi connectivity index (χ4v) is 6.11. The second kappa shape index (κ2) is 35.0. The predicted molar refractivity (Wildman–Crippen MR) is 215 cm³/mol. The number of likely N-dealkylation sites (N-methyl/N-ethyl adjacent to an activating group) is 1. The van der Waals surface area contributed by atoms with E-state index in [1.165, 1.54) is 77.0 Å². The number of nitrogens with zero attached hydrogens (tertiary/aromatic N) is 1. The average Bonchev–Trinajstić information content (AvgIpc) is 3.09. The average molecular weight is 757 g/mol. The van der Waals surface area contributed by atoms with Crippen molar-refractivity contribution in [1.29, 1.82) is 0 Å². The maximum absolute atomic E-state index is 12.6. The summed E-state index contributed by atoms with van der Waals surface area (Å²) in [6, 6.07) is 0. The zero-order valence-corrected chi connectivity index (χ0v) is 34.9. The molecule has 0 aromatic carbocycles. The van der Waals surface area contributed by atoms with E-state index in [0.29, 0.717) is 17.4 Å². The van der Waals surface area contributed by atoms with E-state index in [1.807, 2.05) is 21.1 Å². The number of allylic oxidation sites excluding steroid dienone is 6. The van der Waals surface area contributed by atoms with Crippen LogP contribution in [0.15, 0.2) is 36.5 Å². The number of unbranched alkanes of at least 4 members (excludes halogenated alkanes) is 17. The predicted octanol–water partition coefficient (Wildman–Crippen LogP) is 11.4. The van der Waals surface area contributed by atoms with Gasteiger partial charge in [0.1, 0.15) is 19.8 Å². The third-order valence-corrected chi connectivity index (χ3v) is 9.66. The van der Waals surface area contributed by atoms with E-state index < -0.39 is 26.5 Å². The van der Waals surface area contributed by atoms with Gasteiger partial charge in [-0.2, -0.15) is 0 Å². The number of esters is 2. The molecule has 0 saturated carbocycles. The van der Waals surface area contributed by atoms with Gasteiger partial charge in [-0.1, -0.05) is 140 Å². The summed E-state index contributed by atoms with van der Waals surface area (Å²) in [5.74, 6) is -0.824. The van der Waals surface area contributed by atoms with E-state index in [2.05, 4.69) is 50.3 Å². The van der Waals surface area contributed by atoms with Gasteiger partial charge in [0.25, 0.3) is 0 Å². The lowest BCUT2D eigenvalue weighted by Gasteiger charge is -2.24. The lowest BCUT2D eigenvalue weighted by molar-refractivity contribution is -0.870. The molecule has 0 rings (SSSR count). The van der Waals surface area contributed by atoms with Gasteiger partial charge in [0.2, 0.25) is 0 Å². The first-order valence-electron chi connectivity index (χ1n) is 20.7. The van der Waals surface area contributed by atoms with E-state index in [1.54, 1.807) is 0 Å². The van der Waals surface area contributed by atoms with E-state index in [9.17, 15) is 19.0 Å². The molecule has 10 heteroatoms. The molecule has 2 atom stereocenters. The lowest BCUT2D eigenvalue weighted by atomic mass is 10.1. The second-order valence-corrected chi connectivity index (χ2v) is 16.5. The quantitative estimate of drug-likeness (QED) is 0.0219. The van der Waals surface area contributed by atoms with Crippen LogP contribution in [0.3, 0.4) is 0 Å². The minimum atomic E-state index is -4.37. The van der Waals surface area contributed by atoms with Crippen LogP contribution >= 0.6 is 7.82 Å². The summed E-state index contributed by atoms with van der Waals surface area (Å²) in [5, 5.41) is 0. The van der Waals surface area contributed by atoms with Crippen LogP contribution in [0.1, 0.15) is 168 Å². The van der Waals surface area contributed by atoms with Gasteiger partial charge >= 0.3 is 19.8 Å². The second-order valence-electron chi connectivity index (χ2n) is 15.0. The van der Waals surface area contributed by atoms with Crippen molar-refractivity contribution in [3.05, 3.63) is 36.5 Å². The summed E-state index contributed by atoms with van der Waals surface area (Å²) < 4.78 is 34.2. The van der Waals surface area contributed by atoms with Gasteiger partial charge in [-0.3, -0.25) is 18.6 Å². The Morgan fingerprint density at radius 1 is 0.596 bits per heavy atom. The van der Waals surface area contributed by atoms with Gasteiger partial charge in [0.05, 0.1) is 27.7 Å². The van der Waals surface area contributed by atoms with Crippen molar-refractivity contribution in [2.75, 3.05) is 47.5 Å². The van der Waals surface area contributed by atoms with E-state index in [0.717, 1.165) is 57.8 Å². The first-order chi connectivity index (χ1) is 25.0. The third kappa shape index (κ3) is 38.0. The van der Waals surface area contributed by atoms with Crippen LogP contribution in [0.2, 0.25) is 0 Å². The molecule has 0 saturated heterocycles. The van der Waals surface area contributed by atoms with Gasteiger partial charge in [-0.15, -0.1) is 0 Å². The molecule has 52 heavy (non-hydrogen) atoms. The topological polar surface area (TPSA) is 108 Å². The number of phosphoric ester groups is 1. The highest BCUT2D eigenvalue weighted by Crippen LogP contribution is 2.43. The summed E-state index contributed by atoms with van der Waals surface area (Å²) >= 11 is 0. The number of quaternary nitrogens is 1. The molecule has 0 aromatic rings. The van der Waals surface area contributed by atoms with Crippen LogP contribution < -0.4 is 0 Å². The molecule has 0 bridgehead atoms. The van der Waals surface area contributed by atoms with Crippen molar-refractivity contribution in [3.63, 3.8) is 0 Å². The lowest BCUT2D eigenvalue weighted by Crippen LogP contribution is -2.37. The number of ether oxygens (including phenoxy) is 2. The number of hydrogen-bond acceptors (Lipinski definition) is 7. The summed E-state index contributed by atoms with van der Waals surface area (Å²) in [6.45, 7) is 4.35. The van der Waals surface area contributed by atoms with E-state index in [4.69, 9.17) is 18.5 Å². The zero-order chi connectivity index (χ0) is 38.6. The Balaban J connectivity index is 4.44. The Morgan fingerprint density at radius 3 is 1.58 bits per heavy atom. The zero-order valence-electron chi connectivity index (χ0n) is 34.0. The van der Waals surface area contributed by atoms with Gasteiger partial charge in [0.15, 0.2) is 6.10 Å². The van der Waals surface area contributed by atoms with Crippen LogP contribution in [-0.4, -0.2) is 74.9 Å².